The minimum absolute atomic E-state index is 0.0469. The third-order valence-corrected chi connectivity index (χ3v) is 3.50. The number of carbonyl (C=O) groups is 1. The zero-order chi connectivity index (χ0) is 14.6. The van der Waals surface area contributed by atoms with Gasteiger partial charge >= 0.3 is 0 Å². The van der Waals surface area contributed by atoms with Crippen molar-refractivity contribution in [3.05, 3.63) is 12.1 Å². The summed E-state index contributed by atoms with van der Waals surface area (Å²) in [5.74, 6) is 1.37. The summed E-state index contributed by atoms with van der Waals surface area (Å²) in [7, 11) is 0. The van der Waals surface area contributed by atoms with Gasteiger partial charge in [-0.05, 0) is 25.0 Å². The highest BCUT2D eigenvalue weighted by Crippen LogP contribution is 2.19. The molecule has 2 heterocycles. The third kappa shape index (κ3) is 3.92. The van der Waals surface area contributed by atoms with Gasteiger partial charge in [0.2, 0.25) is 5.91 Å². The molecule has 0 aliphatic carbocycles. The van der Waals surface area contributed by atoms with Crippen molar-refractivity contribution in [2.45, 2.75) is 46.5 Å². The van der Waals surface area contributed by atoms with Gasteiger partial charge < -0.3 is 10.2 Å². The first kappa shape index (κ1) is 14.8. The van der Waals surface area contributed by atoms with E-state index in [1.807, 2.05) is 32.9 Å². The largest absolute Gasteiger partial charge is 0.355 e. The van der Waals surface area contributed by atoms with Crippen molar-refractivity contribution in [1.29, 1.82) is 0 Å². The van der Waals surface area contributed by atoms with Crippen LogP contribution in [0.2, 0.25) is 0 Å². The summed E-state index contributed by atoms with van der Waals surface area (Å²) in [5.41, 5.74) is -0.425. The lowest BCUT2D eigenvalue weighted by molar-refractivity contribution is -0.123. The lowest BCUT2D eigenvalue weighted by atomic mass is 9.96. The van der Waals surface area contributed by atoms with Crippen LogP contribution in [0.15, 0.2) is 12.1 Å². The zero-order valence-electron chi connectivity index (χ0n) is 12.6. The predicted molar refractivity (Wildman–Crippen MR) is 80.8 cm³/mol. The number of carbonyl (C=O) groups excluding carboxylic acids is 1. The van der Waals surface area contributed by atoms with Crippen molar-refractivity contribution in [2.75, 3.05) is 23.3 Å². The van der Waals surface area contributed by atoms with Crippen LogP contribution in [0, 0.1) is 5.41 Å². The third-order valence-electron chi connectivity index (χ3n) is 3.50. The van der Waals surface area contributed by atoms with Gasteiger partial charge in [-0.3, -0.25) is 4.79 Å². The second-order valence-corrected chi connectivity index (χ2v) is 6.38. The number of nitrogens with one attached hydrogen (secondary N) is 1. The maximum Gasteiger partial charge on any atom is 0.230 e. The molecule has 1 aliphatic rings. The molecular formula is C15H24N4O. The Morgan fingerprint density at radius 1 is 1.10 bits per heavy atom. The molecule has 1 aliphatic heterocycles. The number of anilines is 2. The number of nitrogens with zero attached hydrogens (tertiary/aromatic N) is 3. The monoisotopic (exact) mass is 276 g/mol. The fourth-order valence-electron chi connectivity index (χ4n) is 2.16. The molecule has 1 amide bonds. The minimum Gasteiger partial charge on any atom is -0.355 e. The van der Waals surface area contributed by atoms with E-state index in [4.69, 9.17) is 0 Å². The number of hydrogen-bond donors (Lipinski definition) is 1. The van der Waals surface area contributed by atoms with Gasteiger partial charge in [0.1, 0.15) is 0 Å². The van der Waals surface area contributed by atoms with Crippen LogP contribution >= 0.6 is 0 Å². The maximum absolute atomic E-state index is 11.9. The Labute approximate surface area is 120 Å². The molecule has 110 valence electrons. The van der Waals surface area contributed by atoms with E-state index >= 15 is 0 Å². The Balaban J connectivity index is 2.00. The molecule has 1 aromatic heterocycles. The summed E-state index contributed by atoms with van der Waals surface area (Å²) in [6.45, 7) is 7.72. The van der Waals surface area contributed by atoms with Gasteiger partial charge in [-0.1, -0.05) is 33.6 Å². The van der Waals surface area contributed by atoms with Gasteiger partial charge in [0.25, 0.3) is 0 Å². The Morgan fingerprint density at radius 2 is 1.75 bits per heavy atom. The van der Waals surface area contributed by atoms with E-state index < -0.39 is 5.41 Å². The van der Waals surface area contributed by atoms with Crippen LogP contribution in [0.5, 0.6) is 0 Å². The fraction of sp³-hybridized carbons (Fsp3) is 0.667. The molecule has 0 unspecified atom stereocenters. The molecular weight excluding hydrogens is 252 g/mol. The summed E-state index contributed by atoms with van der Waals surface area (Å²) in [6.07, 6.45) is 5.02. The van der Waals surface area contributed by atoms with Crippen LogP contribution in [0.25, 0.3) is 0 Å². The van der Waals surface area contributed by atoms with Gasteiger partial charge in [-0.2, -0.15) is 0 Å². The number of aromatic nitrogens is 2. The molecule has 5 nitrogen and oxygen atoms in total. The maximum atomic E-state index is 11.9. The normalized spacial score (nSPS) is 16.6. The molecule has 20 heavy (non-hydrogen) atoms. The molecule has 5 heteroatoms. The standard InChI is InChI=1S/C15H24N4O/c1-15(2,3)14(20)16-12-8-9-13(18-17-12)19-10-6-4-5-7-11-19/h8-9H,4-7,10-11H2,1-3H3,(H,16,17,20). The molecule has 0 aromatic carbocycles. The first-order chi connectivity index (χ1) is 9.47. The summed E-state index contributed by atoms with van der Waals surface area (Å²) < 4.78 is 0. The van der Waals surface area contributed by atoms with Gasteiger partial charge in [-0.15, -0.1) is 10.2 Å². The van der Waals surface area contributed by atoms with Gasteiger partial charge in [0.05, 0.1) is 0 Å². The van der Waals surface area contributed by atoms with E-state index in [0.29, 0.717) is 5.82 Å². The highest BCUT2D eigenvalue weighted by atomic mass is 16.2. The van der Waals surface area contributed by atoms with Crippen molar-refractivity contribution in [3.63, 3.8) is 0 Å². The van der Waals surface area contributed by atoms with E-state index in [9.17, 15) is 4.79 Å². The van der Waals surface area contributed by atoms with Crippen molar-refractivity contribution in [2.24, 2.45) is 5.41 Å². The lowest BCUT2D eigenvalue weighted by Crippen LogP contribution is -2.28. The molecule has 1 fully saturated rings. The number of rotatable bonds is 2. The van der Waals surface area contributed by atoms with Crippen molar-refractivity contribution in [3.8, 4) is 0 Å². The van der Waals surface area contributed by atoms with Gasteiger partial charge in [-0.25, -0.2) is 0 Å². The molecule has 0 atom stereocenters. The molecule has 0 saturated carbocycles. The summed E-state index contributed by atoms with van der Waals surface area (Å²) in [4.78, 5) is 14.1. The molecule has 0 bridgehead atoms. The summed E-state index contributed by atoms with van der Waals surface area (Å²) >= 11 is 0. The Hall–Kier alpha value is -1.65. The van der Waals surface area contributed by atoms with E-state index in [1.54, 1.807) is 0 Å². The van der Waals surface area contributed by atoms with Gasteiger partial charge in [0, 0.05) is 18.5 Å². The first-order valence-corrected chi connectivity index (χ1v) is 7.37. The molecule has 1 saturated heterocycles. The summed E-state index contributed by atoms with van der Waals surface area (Å²) in [6, 6.07) is 3.77. The van der Waals surface area contributed by atoms with E-state index in [1.165, 1.54) is 25.7 Å². The Kier molecular flexibility index (Phi) is 4.57. The molecule has 1 N–H and O–H groups in total. The van der Waals surface area contributed by atoms with Crippen LogP contribution in [0.3, 0.4) is 0 Å². The van der Waals surface area contributed by atoms with Crippen LogP contribution in [-0.4, -0.2) is 29.2 Å². The fourth-order valence-corrected chi connectivity index (χ4v) is 2.16. The van der Waals surface area contributed by atoms with Crippen LogP contribution in [0.1, 0.15) is 46.5 Å². The molecule has 1 aromatic rings. The van der Waals surface area contributed by atoms with Crippen molar-refractivity contribution < 1.29 is 4.79 Å². The van der Waals surface area contributed by atoms with Crippen molar-refractivity contribution >= 4 is 17.5 Å². The zero-order valence-corrected chi connectivity index (χ0v) is 12.6. The van der Waals surface area contributed by atoms with Crippen LogP contribution in [0.4, 0.5) is 11.6 Å². The minimum atomic E-state index is -0.425. The molecule has 2 rings (SSSR count). The van der Waals surface area contributed by atoms with Gasteiger partial charge in [0.15, 0.2) is 11.6 Å². The second kappa shape index (κ2) is 6.20. The summed E-state index contributed by atoms with van der Waals surface area (Å²) in [5, 5.41) is 11.1. The molecule has 0 spiro atoms. The van der Waals surface area contributed by atoms with Crippen LogP contribution < -0.4 is 10.2 Å². The highest BCUT2D eigenvalue weighted by Gasteiger charge is 2.21. The number of amides is 1. The highest BCUT2D eigenvalue weighted by molar-refractivity contribution is 5.93. The quantitative estimate of drug-likeness (QED) is 0.902. The number of hydrogen-bond acceptors (Lipinski definition) is 4. The first-order valence-electron chi connectivity index (χ1n) is 7.37. The van der Waals surface area contributed by atoms with Crippen molar-refractivity contribution in [1.82, 2.24) is 10.2 Å². The Morgan fingerprint density at radius 3 is 2.25 bits per heavy atom. The van der Waals surface area contributed by atoms with Crippen LogP contribution in [-0.2, 0) is 4.79 Å². The topological polar surface area (TPSA) is 58.1 Å². The second-order valence-electron chi connectivity index (χ2n) is 6.38. The smallest absolute Gasteiger partial charge is 0.230 e. The predicted octanol–water partition coefficient (Wildman–Crippen LogP) is 2.84. The lowest BCUT2D eigenvalue weighted by Gasteiger charge is -2.21. The SMILES string of the molecule is CC(C)(C)C(=O)Nc1ccc(N2CCCCCC2)nn1. The average molecular weight is 276 g/mol. The Bertz CT molecular complexity index is 442. The van der Waals surface area contributed by atoms with E-state index in [2.05, 4.69) is 20.4 Å². The average Bonchev–Trinajstić information content (AvgIpc) is 2.67. The van der Waals surface area contributed by atoms with E-state index in [-0.39, 0.29) is 5.91 Å². The molecule has 0 radical (unpaired) electrons. The van der Waals surface area contributed by atoms with E-state index in [0.717, 1.165) is 18.9 Å².